The summed E-state index contributed by atoms with van der Waals surface area (Å²) >= 11 is 0. The van der Waals surface area contributed by atoms with Gasteiger partial charge in [0.1, 0.15) is 28.4 Å². The van der Waals surface area contributed by atoms with Crippen LogP contribution in [0.3, 0.4) is 0 Å². The normalized spacial score (nSPS) is 11.4. The quantitative estimate of drug-likeness (QED) is 0.0991. The predicted octanol–water partition coefficient (Wildman–Crippen LogP) is 8.49. The Balaban J connectivity index is 1.47. The van der Waals surface area contributed by atoms with Crippen molar-refractivity contribution in [3.63, 3.8) is 0 Å². The molecule has 0 atom stereocenters. The number of para-hydroxylation sites is 2. The summed E-state index contributed by atoms with van der Waals surface area (Å²) in [5, 5.41) is 0.711. The van der Waals surface area contributed by atoms with Gasteiger partial charge in [0, 0.05) is 18.3 Å². The molecule has 0 saturated carbocycles. The number of ether oxygens (including phenoxy) is 3. The first-order valence-corrected chi connectivity index (χ1v) is 15.4. The SMILES string of the molecule is CCCCCCCCCn1cc(OC(=O)c2ccc(OC)cc2)c2c1nc(-c1ccc(OC)cc1)n1c3ccccc3nc21. The van der Waals surface area contributed by atoms with Gasteiger partial charge in [0.05, 0.1) is 30.8 Å². The van der Waals surface area contributed by atoms with Crippen LogP contribution in [0, 0.1) is 0 Å². The average Bonchev–Trinajstić information content (AvgIpc) is 3.62. The second-order valence-corrected chi connectivity index (χ2v) is 11.0. The molecule has 0 fully saturated rings. The Hall–Kier alpha value is -4.85. The number of aryl methyl sites for hydroxylation is 1. The fourth-order valence-electron chi connectivity index (χ4n) is 5.72. The van der Waals surface area contributed by atoms with Gasteiger partial charge in [-0.05, 0) is 67.1 Å². The Labute approximate surface area is 257 Å². The fraction of sp³-hybridized carbons (Fsp3) is 0.306. The van der Waals surface area contributed by atoms with Crippen LogP contribution in [0.25, 0.3) is 39.1 Å². The van der Waals surface area contributed by atoms with Gasteiger partial charge in [0.15, 0.2) is 11.4 Å². The third-order valence-electron chi connectivity index (χ3n) is 8.10. The summed E-state index contributed by atoms with van der Waals surface area (Å²) in [5.74, 6) is 2.20. The maximum atomic E-state index is 13.4. The van der Waals surface area contributed by atoms with E-state index < -0.39 is 5.97 Å². The molecule has 44 heavy (non-hydrogen) atoms. The average molecular weight is 591 g/mol. The van der Waals surface area contributed by atoms with Crippen molar-refractivity contribution in [2.24, 2.45) is 0 Å². The summed E-state index contributed by atoms with van der Waals surface area (Å²) in [6, 6.07) is 22.8. The summed E-state index contributed by atoms with van der Waals surface area (Å²) in [6.45, 7) is 3.00. The molecule has 3 heterocycles. The van der Waals surface area contributed by atoms with Crippen LogP contribution in [0.4, 0.5) is 0 Å². The second-order valence-electron chi connectivity index (χ2n) is 11.0. The van der Waals surface area contributed by atoms with Crippen LogP contribution in [0.15, 0.2) is 79.0 Å². The fourth-order valence-corrected chi connectivity index (χ4v) is 5.72. The summed E-state index contributed by atoms with van der Waals surface area (Å²) in [6.07, 6.45) is 10.3. The summed E-state index contributed by atoms with van der Waals surface area (Å²) in [5.41, 5.74) is 4.56. The van der Waals surface area contributed by atoms with E-state index in [1.807, 2.05) is 54.7 Å². The minimum Gasteiger partial charge on any atom is -0.497 e. The Bertz CT molecular complexity index is 1890. The molecule has 6 aromatic rings. The summed E-state index contributed by atoms with van der Waals surface area (Å²) < 4.78 is 21.0. The van der Waals surface area contributed by atoms with E-state index in [2.05, 4.69) is 15.9 Å². The summed E-state index contributed by atoms with van der Waals surface area (Å²) in [7, 11) is 3.26. The Morgan fingerprint density at radius 1 is 0.750 bits per heavy atom. The highest BCUT2D eigenvalue weighted by Crippen LogP contribution is 2.37. The number of hydrogen-bond acceptors (Lipinski definition) is 6. The number of unbranched alkanes of at least 4 members (excludes halogenated alkanes) is 6. The smallest absolute Gasteiger partial charge is 0.343 e. The van der Waals surface area contributed by atoms with Crippen LogP contribution in [0.1, 0.15) is 62.2 Å². The van der Waals surface area contributed by atoms with E-state index in [1.165, 1.54) is 32.1 Å². The number of rotatable bonds is 13. The van der Waals surface area contributed by atoms with Crippen molar-refractivity contribution in [2.45, 2.75) is 58.4 Å². The second kappa shape index (κ2) is 13.2. The van der Waals surface area contributed by atoms with Crippen molar-refractivity contribution in [3.8, 4) is 28.6 Å². The van der Waals surface area contributed by atoms with E-state index in [4.69, 9.17) is 24.2 Å². The molecule has 0 aliphatic heterocycles. The molecule has 0 spiro atoms. The van der Waals surface area contributed by atoms with Crippen molar-refractivity contribution in [1.29, 1.82) is 0 Å². The van der Waals surface area contributed by atoms with Crippen LogP contribution < -0.4 is 14.2 Å². The molecule has 0 aliphatic rings. The van der Waals surface area contributed by atoms with Gasteiger partial charge in [-0.2, -0.15) is 0 Å². The molecular weight excluding hydrogens is 552 g/mol. The third-order valence-corrected chi connectivity index (χ3v) is 8.10. The van der Waals surface area contributed by atoms with Gasteiger partial charge in [-0.3, -0.25) is 4.40 Å². The van der Waals surface area contributed by atoms with E-state index in [1.54, 1.807) is 38.5 Å². The Morgan fingerprint density at radius 2 is 1.41 bits per heavy atom. The molecule has 0 unspecified atom stereocenters. The molecule has 8 nitrogen and oxygen atoms in total. The molecule has 0 N–H and O–H groups in total. The molecule has 8 heteroatoms. The number of fused-ring (bicyclic) bond motifs is 5. The lowest BCUT2D eigenvalue weighted by atomic mass is 10.1. The molecule has 0 radical (unpaired) electrons. The van der Waals surface area contributed by atoms with Crippen molar-refractivity contribution in [1.82, 2.24) is 18.9 Å². The maximum Gasteiger partial charge on any atom is 0.343 e. The zero-order valence-corrected chi connectivity index (χ0v) is 25.6. The van der Waals surface area contributed by atoms with Crippen LogP contribution in [-0.4, -0.2) is 39.1 Å². The Kier molecular flexibility index (Phi) is 8.77. The van der Waals surface area contributed by atoms with Gasteiger partial charge in [-0.25, -0.2) is 14.8 Å². The topological polar surface area (TPSA) is 79.9 Å². The third kappa shape index (κ3) is 5.84. The molecule has 0 saturated heterocycles. The highest BCUT2D eigenvalue weighted by Gasteiger charge is 2.23. The lowest BCUT2D eigenvalue weighted by Gasteiger charge is -2.10. The van der Waals surface area contributed by atoms with Gasteiger partial charge in [-0.15, -0.1) is 0 Å². The van der Waals surface area contributed by atoms with Crippen molar-refractivity contribution in [2.75, 3.05) is 14.2 Å². The first kappa shape index (κ1) is 29.2. The first-order chi connectivity index (χ1) is 21.6. The lowest BCUT2D eigenvalue weighted by Crippen LogP contribution is -2.08. The van der Waals surface area contributed by atoms with Crippen molar-refractivity contribution in [3.05, 3.63) is 84.6 Å². The van der Waals surface area contributed by atoms with Gasteiger partial charge in [0.2, 0.25) is 0 Å². The molecular formula is C36H38N4O4. The molecule has 6 rings (SSSR count). The number of benzene rings is 3. The van der Waals surface area contributed by atoms with Gasteiger partial charge in [-0.1, -0.05) is 57.6 Å². The lowest BCUT2D eigenvalue weighted by molar-refractivity contribution is 0.0737. The van der Waals surface area contributed by atoms with Crippen LogP contribution in [0.5, 0.6) is 17.2 Å². The van der Waals surface area contributed by atoms with Crippen LogP contribution >= 0.6 is 0 Å². The monoisotopic (exact) mass is 590 g/mol. The molecule has 0 bridgehead atoms. The van der Waals surface area contributed by atoms with Crippen LogP contribution in [0.2, 0.25) is 0 Å². The largest absolute Gasteiger partial charge is 0.497 e. The molecule has 0 aliphatic carbocycles. The van der Waals surface area contributed by atoms with Gasteiger partial charge < -0.3 is 18.8 Å². The Morgan fingerprint density at radius 3 is 2.11 bits per heavy atom. The zero-order chi connectivity index (χ0) is 30.5. The van der Waals surface area contributed by atoms with Crippen molar-refractivity contribution < 1.29 is 19.0 Å². The minimum atomic E-state index is -0.448. The number of hydrogen-bond donors (Lipinski definition) is 0. The van der Waals surface area contributed by atoms with E-state index in [0.717, 1.165) is 53.2 Å². The predicted molar refractivity (Wildman–Crippen MR) is 174 cm³/mol. The van der Waals surface area contributed by atoms with E-state index in [9.17, 15) is 4.79 Å². The van der Waals surface area contributed by atoms with Gasteiger partial charge >= 0.3 is 5.97 Å². The van der Waals surface area contributed by atoms with Crippen LogP contribution in [-0.2, 0) is 6.54 Å². The number of carbonyl (C=O) groups is 1. The molecule has 226 valence electrons. The number of nitrogens with zero attached hydrogens (tertiary/aromatic N) is 4. The van der Waals surface area contributed by atoms with E-state index in [0.29, 0.717) is 28.1 Å². The highest BCUT2D eigenvalue weighted by molar-refractivity contribution is 6.03. The summed E-state index contributed by atoms with van der Waals surface area (Å²) in [4.78, 5) is 23.7. The van der Waals surface area contributed by atoms with Crippen molar-refractivity contribution >= 4 is 33.7 Å². The highest BCUT2D eigenvalue weighted by atomic mass is 16.5. The molecule has 3 aromatic carbocycles. The number of carbonyl (C=O) groups excluding carboxylic acids is 1. The number of aromatic nitrogens is 4. The number of methoxy groups -OCH3 is 2. The van der Waals surface area contributed by atoms with Gasteiger partial charge in [0.25, 0.3) is 0 Å². The maximum absolute atomic E-state index is 13.4. The van der Waals surface area contributed by atoms with E-state index in [-0.39, 0.29) is 0 Å². The number of imidazole rings is 1. The molecule has 0 amide bonds. The number of esters is 1. The first-order valence-electron chi connectivity index (χ1n) is 15.4. The minimum absolute atomic E-state index is 0.436. The van der Waals surface area contributed by atoms with E-state index >= 15 is 0 Å². The zero-order valence-electron chi connectivity index (χ0n) is 25.6. The molecule has 3 aromatic heterocycles. The standard InChI is InChI=1S/C36H38N4O4/c1-4-5-6-7-8-9-12-23-39-24-31(44-36(41)26-17-21-28(43-3)22-18-26)32-34(39)38-33(25-15-19-27(42-2)20-16-25)40-30-14-11-10-13-29(30)37-35(32)40/h10-11,13-22,24H,4-9,12,23H2,1-3H3.